The van der Waals surface area contributed by atoms with Gasteiger partial charge in [0.1, 0.15) is 0 Å². The number of benzene rings is 1. The van der Waals surface area contributed by atoms with Gasteiger partial charge in [-0.3, -0.25) is 0 Å². The summed E-state index contributed by atoms with van der Waals surface area (Å²) in [4.78, 5) is 0. The van der Waals surface area contributed by atoms with Crippen molar-refractivity contribution in [3.05, 3.63) is 54.2 Å². The van der Waals surface area contributed by atoms with E-state index in [1.54, 1.807) is 0 Å². The van der Waals surface area contributed by atoms with Gasteiger partial charge in [-0.2, -0.15) is 0 Å². The zero-order valence-corrected chi connectivity index (χ0v) is 11.1. The van der Waals surface area contributed by atoms with Crippen molar-refractivity contribution >= 4 is 16.6 Å². The standard InChI is InChI=1S/C11H12ClN.ClHO4/c1-13-9-5-8-11(12)10-6-3-2-4-7-10;2-1(3,4)5/h2-9,13H,1H3;(H,2,3,4,5)/b9-5+,11-8-;. The van der Waals surface area contributed by atoms with Crippen LogP contribution in [0.1, 0.15) is 5.56 Å². The van der Waals surface area contributed by atoms with Gasteiger partial charge in [0, 0.05) is 5.03 Å². The Bertz CT molecular complexity index is 382. The van der Waals surface area contributed by atoms with E-state index >= 15 is 0 Å². The Kier molecular flexibility index (Phi) is 8.61. The number of hydrogen-bond donors (Lipinski definition) is 1. The summed E-state index contributed by atoms with van der Waals surface area (Å²) >= 11 is 6.04. The van der Waals surface area contributed by atoms with Crippen molar-refractivity contribution in [2.75, 3.05) is 7.05 Å². The minimum atomic E-state index is -4.94. The summed E-state index contributed by atoms with van der Waals surface area (Å²) in [5.41, 5.74) is 1.05. The molecular formula is C11H13Cl2NO4. The van der Waals surface area contributed by atoms with Crippen LogP contribution in [0.25, 0.3) is 5.03 Å². The van der Waals surface area contributed by atoms with Crippen molar-refractivity contribution in [2.45, 2.75) is 0 Å². The van der Waals surface area contributed by atoms with Crippen LogP contribution in [0, 0.1) is 10.2 Å². The second-order valence-corrected chi connectivity index (χ2v) is 4.14. The first-order valence-corrected chi connectivity index (χ1v) is 6.45. The minimum absolute atomic E-state index is 0.763. The van der Waals surface area contributed by atoms with E-state index in [-0.39, 0.29) is 0 Å². The number of halogens is 2. The van der Waals surface area contributed by atoms with E-state index in [1.807, 2.05) is 61.0 Å². The maximum Gasteiger partial charge on any atom is 0.0924 e. The normalized spacial score (nSPS) is 12.2. The molecule has 7 heteroatoms. The highest BCUT2D eigenvalue weighted by Gasteiger charge is 1.93. The van der Waals surface area contributed by atoms with E-state index in [0.717, 1.165) is 10.6 Å². The van der Waals surface area contributed by atoms with Gasteiger partial charge in [0.15, 0.2) is 0 Å². The fraction of sp³-hybridized carbons (Fsp3) is 0.0909. The van der Waals surface area contributed by atoms with Gasteiger partial charge in [0.25, 0.3) is 0 Å². The zero-order valence-electron chi connectivity index (χ0n) is 9.59. The van der Waals surface area contributed by atoms with Gasteiger partial charge >= 0.3 is 0 Å². The van der Waals surface area contributed by atoms with Gasteiger partial charge in [-0.1, -0.05) is 41.9 Å². The van der Waals surface area contributed by atoms with Crippen LogP contribution in [0.5, 0.6) is 0 Å². The zero-order chi connectivity index (χ0) is 14.0. The molecule has 100 valence electrons. The van der Waals surface area contributed by atoms with Crippen LogP contribution < -0.4 is 24.0 Å². The molecule has 0 aliphatic rings. The lowest BCUT2D eigenvalue weighted by Gasteiger charge is -2.17. The molecule has 1 aromatic rings. The molecule has 0 aromatic heterocycles. The highest BCUT2D eigenvalue weighted by molar-refractivity contribution is 6.48. The summed E-state index contributed by atoms with van der Waals surface area (Å²) in [6.45, 7) is 0. The van der Waals surface area contributed by atoms with Crippen LogP contribution in [-0.2, 0) is 0 Å². The molecule has 0 saturated carbocycles. The number of rotatable bonds is 3. The van der Waals surface area contributed by atoms with E-state index in [2.05, 4.69) is 0 Å². The summed E-state index contributed by atoms with van der Waals surface area (Å²) in [6.07, 6.45) is 5.76. The van der Waals surface area contributed by atoms with Crippen LogP contribution in [0.3, 0.4) is 0 Å². The summed E-state index contributed by atoms with van der Waals surface area (Å²) in [7, 11) is -2.97. The second-order valence-electron chi connectivity index (χ2n) is 2.98. The predicted octanol–water partition coefficient (Wildman–Crippen LogP) is -2.78. The fourth-order valence-corrected chi connectivity index (χ4v) is 1.14. The molecule has 2 N–H and O–H groups in total. The van der Waals surface area contributed by atoms with Crippen molar-refractivity contribution in [1.29, 1.82) is 0 Å². The summed E-state index contributed by atoms with van der Waals surface area (Å²) in [6, 6.07) is 9.90. The first kappa shape index (κ1) is 17.1. The molecule has 18 heavy (non-hydrogen) atoms. The monoisotopic (exact) mass is 293 g/mol. The highest BCUT2D eigenvalue weighted by Crippen LogP contribution is 2.17. The molecule has 0 radical (unpaired) electrons. The number of hydrogen-bond acceptors (Lipinski definition) is 4. The van der Waals surface area contributed by atoms with Crippen molar-refractivity contribution in [3.8, 4) is 0 Å². The summed E-state index contributed by atoms with van der Waals surface area (Å²) in [5.74, 6) is 0. The Hall–Kier alpha value is -0.920. The number of nitrogens with two attached hydrogens (primary N) is 1. The lowest BCUT2D eigenvalue weighted by atomic mass is 10.2. The average Bonchev–Trinajstić information content (AvgIpc) is 2.28. The Morgan fingerprint density at radius 3 is 2.11 bits per heavy atom. The molecule has 0 spiro atoms. The molecule has 0 atom stereocenters. The molecular weight excluding hydrogens is 281 g/mol. The number of quaternary nitrogens is 1. The summed E-state index contributed by atoms with van der Waals surface area (Å²) in [5, 5.41) is 2.73. The lowest BCUT2D eigenvalue weighted by Crippen LogP contribution is -2.72. The van der Waals surface area contributed by atoms with E-state index in [1.165, 1.54) is 0 Å². The van der Waals surface area contributed by atoms with Gasteiger partial charge in [0.05, 0.1) is 13.2 Å². The van der Waals surface area contributed by atoms with Gasteiger partial charge in [-0.15, -0.1) is 10.2 Å². The fourth-order valence-electron chi connectivity index (χ4n) is 0.945. The Balaban J connectivity index is 0.000000494. The van der Waals surface area contributed by atoms with Crippen LogP contribution in [0.2, 0.25) is 0 Å². The average molecular weight is 294 g/mol. The highest BCUT2D eigenvalue weighted by atomic mass is 35.7. The molecule has 0 saturated heterocycles. The molecule has 0 amide bonds. The molecule has 0 fully saturated rings. The maximum atomic E-state index is 8.49. The van der Waals surface area contributed by atoms with Crippen LogP contribution in [-0.4, -0.2) is 7.05 Å². The van der Waals surface area contributed by atoms with Crippen LogP contribution in [0.15, 0.2) is 48.7 Å². The van der Waals surface area contributed by atoms with Crippen molar-refractivity contribution in [1.82, 2.24) is 0 Å². The van der Waals surface area contributed by atoms with E-state index in [4.69, 9.17) is 30.2 Å². The molecule has 0 unspecified atom stereocenters. The molecule has 0 aliphatic heterocycles. The molecule has 1 rings (SSSR count). The van der Waals surface area contributed by atoms with Gasteiger partial charge in [-0.25, -0.2) is 18.6 Å². The molecule has 0 heterocycles. The minimum Gasteiger partial charge on any atom is -0.322 e. The number of allylic oxidation sites excluding steroid dienone is 2. The quantitative estimate of drug-likeness (QED) is 0.608. The van der Waals surface area contributed by atoms with Crippen molar-refractivity contribution in [2.24, 2.45) is 0 Å². The van der Waals surface area contributed by atoms with E-state index in [0.29, 0.717) is 0 Å². The molecule has 0 bridgehead atoms. The van der Waals surface area contributed by atoms with E-state index in [9.17, 15) is 0 Å². The SMILES string of the molecule is C[NH2+]/C=C/C=C(\Cl)c1ccccc1.[O-][Cl+3]([O-])([O-])[O-]. The smallest absolute Gasteiger partial charge is 0.0924 e. The van der Waals surface area contributed by atoms with Gasteiger partial charge < -0.3 is 5.32 Å². The topological polar surface area (TPSA) is 109 Å². The van der Waals surface area contributed by atoms with Gasteiger partial charge in [-0.05, 0) is 17.7 Å². The molecule has 5 nitrogen and oxygen atoms in total. The van der Waals surface area contributed by atoms with Crippen LogP contribution in [0.4, 0.5) is 0 Å². The third kappa shape index (κ3) is 11.6. The summed E-state index contributed by atoms with van der Waals surface area (Å²) < 4.78 is 34.0. The second kappa shape index (κ2) is 9.07. The van der Waals surface area contributed by atoms with Gasteiger partial charge in [0.2, 0.25) is 0 Å². The molecule has 1 aromatic carbocycles. The Morgan fingerprint density at radius 1 is 1.17 bits per heavy atom. The maximum absolute atomic E-state index is 8.49. The van der Waals surface area contributed by atoms with Crippen molar-refractivity contribution < 1.29 is 34.2 Å². The van der Waals surface area contributed by atoms with Crippen molar-refractivity contribution in [3.63, 3.8) is 0 Å². The first-order chi connectivity index (χ1) is 8.34. The Labute approximate surface area is 112 Å². The third-order valence-corrected chi connectivity index (χ3v) is 1.94. The lowest BCUT2D eigenvalue weighted by molar-refractivity contribution is -2.00. The Morgan fingerprint density at radius 2 is 1.67 bits per heavy atom. The largest absolute Gasteiger partial charge is 0.322 e. The first-order valence-electron chi connectivity index (χ1n) is 4.83. The molecule has 0 aliphatic carbocycles. The van der Waals surface area contributed by atoms with E-state index < -0.39 is 10.2 Å². The van der Waals surface area contributed by atoms with Crippen LogP contribution >= 0.6 is 11.6 Å². The third-order valence-electron chi connectivity index (χ3n) is 1.60. The predicted molar refractivity (Wildman–Crippen MR) is 57.3 cm³/mol.